The van der Waals surface area contributed by atoms with Crippen molar-refractivity contribution in [3.8, 4) is 5.75 Å². The largest absolute Gasteiger partial charge is 0.497 e. The monoisotopic (exact) mass is 353 g/mol. The fraction of sp³-hybridized carbons (Fsp3) is 0.429. The quantitative estimate of drug-likeness (QED) is 0.740. The van der Waals surface area contributed by atoms with Crippen LogP contribution in [-0.2, 0) is 30.6 Å². The van der Waals surface area contributed by atoms with E-state index in [4.69, 9.17) is 4.74 Å². The van der Waals surface area contributed by atoms with E-state index in [0.717, 1.165) is 29.8 Å². The fourth-order valence-electron chi connectivity index (χ4n) is 3.54. The zero-order valence-corrected chi connectivity index (χ0v) is 15.5. The third-order valence-corrected chi connectivity index (χ3v) is 4.93. The molecule has 0 unspecified atom stereocenters. The molecule has 1 aliphatic carbocycles. The number of aryl methyl sites for hydroxylation is 2. The van der Waals surface area contributed by atoms with Gasteiger partial charge in [0.05, 0.1) is 12.8 Å². The molecule has 1 aromatic carbocycles. The van der Waals surface area contributed by atoms with Gasteiger partial charge in [0.25, 0.3) is 0 Å². The van der Waals surface area contributed by atoms with E-state index >= 15 is 0 Å². The predicted octanol–water partition coefficient (Wildman–Crippen LogP) is 3.44. The lowest BCUT2D eigenvalue weighted by atomic mass is 9.94. The second kappa shape index (κ2) is 8.70. The van der Waals surface area contributed by atoms with Crippen LogP contribution in [0.2, 0.25) is 0 Å². The number of rotatable bonds is 8. The van der Waals surface area contributed by atoms with Crippen molar-refractivity contribution in [3.63, 3.8) is 0 Å². The first-order valence-electron chi connectivity index (χ1n) is 9.28. The van der Waals surface area contributed by atoms with Crippen molar-refractivity contribution in [1.29, 1.82) is 0 Å². The summed E-state index contributed by atoms with van der Waals surface area (Å²) in [5.41, 5.74) is 4.72. The second-order valence-corrected chi connectivity index (χ2v) is 6.75. The van der Waals surface area contributed by atoms with Gasteiger partial charge in [-0.2, -0.15) is 5.10 Å². The Morgan fingerprint density at radius 2 is 2.23 bits per heavy atom. The Labute approximate surface area is 155 Å². The van der Waals surface area contributed by atoms with Crippen LogP contribution in [0.3, 0.4) is 0 Å². The maximum atomic E-state index is 12.8. The average Bonchev–Trinajstić information content (AvgIpc) is 3.09. The molecule has 5 nitrogen and oxygen atoms in total. The van der Waals surface area contributed by atoms with Gasteiger partial charge in [-0.1, -0.05) is 18.2 Å². The van der Waals surface area contributed by atoms with Crippen LogP contribution in [0, 0.1) is 0 Å². The van der Waals surface area contributed by atoms with Crippen LogP contribution in [0.1, 0.15) is 41.8 Å². The smallest absolute Gasteiger partial charge is 0.223 e. The number of amides is 1. The Hall–Kier alpha value is -2.56. The molecule has 0 saturated carbocycles. The lowest BCUT2D eigenvalue weighted by molar-refractivity contribution is -0.131. The lowest BCUT2D eigenvalue weighted by Crippen LogP contribution is -2.31. The first-order chi connectivity index (χ1) is 12.7. The molecule has 138 valence electrons. The number of aromatic amines is 1. The molecular weight excluding hydrogens is 326 g/mol. The van der Waals surface area contributed by atoms with E-state index in [2.05, 4.69) is 16.8 Å². The van der Waals surface area contributed by atoms with E-state index in [1.807, 2.05) is 29.2 Å². The number of nitrogens with one attached hydrogen (secondary N) is 1. The van der Waals surface area contributed by atoms with Gasteiger partial charge in [-0.15, -0.1) is 6.58 Å². The number of aromatic nitrogens is 2. The first-order valence-corrected chi connectivity index (χ1v) is 9.28. The van der Waals surface area contributed by atoms with Crippen molar-refractivity contribution in [2.45, 2.75) is 45.1 Å². The van der Waals surface area contributed by atoms with Crippen LogP contribution >= 0.6 is 0 Å². The van der Waals surface area contributed by atoms with Crippen molar-refractivity contribution >= 4 is 5.91 Å². The molecule has 0 spiro atoms. The van der Waals surface area contributed by atoms with E-state index in [-0.39, 0.29) is 5.91 Å². The van der Waals surface area contributed by atoms with Crippen molar-refractivity contribution in [2.24, 2.45) is 0 Å². The first kappa shape index (κ1) is 18.2. The lowest BCUT2D eigenvalue weighted by Gasteiger charge is -2.21. The highest BCUT2D eigenvalue weighted by atomic mass is 16.5. The Bertz CT molecular complexity index is 766. The van der Waals surface area contributed by atoms with Gasteiger partial charge in [0.1, 0.15) is 5.75 Å². The maximum Gasteiger partial charge on any atom is 0.223 e. The van der Waals surface area contributed by atoms with Crippen LogP contribution in [0.5, 0.6) is 5.75 Å². The summed E-state index contributed by atoms with van der Waals surface area (Å²) in [5.74, 6) is 0.928. The Morgan fingerprint density at radius 3 is 3.04 bits per heavy atom. The number of hydrogen-bond donors (Lipinski definition) is 1. The van der Waals surface area contributed by atoms with Gasteiger partial charge in [0.15, 0.2) is 0 Å². The van der Waals surface area contributed by atoms with Crippen LogP contribution in [0.15, 0.2) is 36.9 Å². The molecule has 1 amide bonds. The molecule has 5 heteroatoms. The number of methoxy groups -OCH3 is 1. The third kappa shape index (κ3) is 4.34. The van der Waals surface area contributed by atoms with Crippen molar-refractivity contribution in [2.75, 3.05) is 13.7 Å². The molecule has 0 atom stereocenters. The summed E-state index contributed by atoms with van der Waals surface area (Å²) in [6, 6.07) is 7.83. The molecule has 1 heterocycles. The fourth-order valence-corrected chi connectivity index (χ4v) is 3.54. The summed E-state index contributed by atoms with van der Waals surface area (Å²) in [6.45, 7) is 4.88. The highest BCUT2D eigenvalue weighted by molar-refractivity contribution is 5.76. The SMILES string of the molecule is C=CCN(Cc1cccc(OC)c1)C(=O)CCc1n[nH]c2c1CCCC2. The Morgan fingerprint density at radius 1 is 1.38 bits per heavy atom. The molecule has 3 rings (SSSR count). The summed E-state index contributed by atoms with van der Waals surface area (Å²) in [7, 11) is 1.65. The molecule has 0 radical (unpaired) electrons. The van der Waals surface area contributed by atoms with Crippen LogP contribution in [-0.4, -0.2) is 34.7 Å². The number of hydrogen-bond acceptors (Lipinski definition) is 3. The van der Waals surface area contributed by atoms with Crippen molar-refractivity contribution in [1.82, 2.24) is 15.1 Å². The van der Waals surface area contributed by atoms with Crippen LogP contribution < -0.4 is 4.74 Å². The van der Waals surface area contributed by atoms with Crippen LogP contribution in [0.25, 0.3) is 0 Å². The molecule has 0 aliphatic heterocycles. The Balaban J connectivity index is 1.63. The molecule has 0 bridgehead atoms. The summed E-state index contributed by atoms with van der Waals surface area (Å²) >= 11 is 0. The molecule has 26 heavy (non-hydrogen) atoms. The van der Waals surface area contributed by atoms with Gasteiger partial charge in [0, 0.05) is 31.6 Å². The minimum atomic E-state index is 0.125. The zero-order chi connectivity index (χ0) is 18.4. The number of fused-ring (bicyclic) bond motifs is 1. The average molecular weight is 353 g/mol. The maximum absolute atomic E-state index is 12.8. The van der Waals surface area contributed by atoms with Gasteiger partial charge >= 0.3 is 0 Å². The number of H-pyrrole nitrogens is 1. The second-order valence-electron chi connectivity index (χ2n) is 6.75. The van der Waals surface area contributed by atoms with Gasteiger partial charge in [-0.25, -0.2) is 0 Å². The van der Waals surface area contributed by atoms with E-state index in [1.165, 1.54) is 24.1 Å². The normalized spacial score (nSPS) is 13.1. The van der Waals surface area contributed by atoms with Gasteiger partial charge < -0.3 is 9.64 Å². The number of carbonyl (C=O) groups excluding carboxylic acids is 1. The number of carbonyl (C=O) groups is 1. The predicted molar refractivity (Wildman–Crippen MR) is 102 cm³/mol. The van der Waals surface area contributed by atoms with Crippen molar-refractivity contribution in [3.05, 3.63) is 59.4 Å². The standard InChI is InChI=1S/C21H27N3O2/c1-3-13-24(15-16-7-6-8-17(14-16)26-2)21(25)12-11-20-18-9-4-5-10-19(18)22-23-20/h3,6-8,14H,1,4-5,9-13,15H2,2H3,(H,22,23). The number of nitrogens with zero attached hydrogens (tertiary/aromatic N) is 2. The summed E-state index contributed by atoms with van der Waals surface area (Å²) in [5, 5.41) is 7.60. The summed E-state index contributed by atoms with van der Waals surface area (Å²) in [4.78, 5) is 14.6. The molecule has 1 aromatic heterocycles. The van der Waals surface area contributed by atoms with Gasteiger partial charge in [0.2, 0.25) is 5.91 Å². The summed E-state index contributed by atoms with van der Waals surface area (Å²) in [6.07, 6.45) is 7.53. The molecular formula is C21H27N3O2. The number of benzene rings is 1. The highest BCUT2D eigenvalue weighted by Crippen LogP contribution is 2.23. The minimum Gasteiger partial charge on any atom is -0.497 e. The topological polar surface area (TPSA) is 58.2 Å². The van der Waals surface area contributed by atoms with Crippen LogP contribution in [0.4, 0.5) is 0 Å². The third-order valence-electron chi connectivity index (χ3n) is 4.93. The summed E-state index contributed by atoms with van der Waals surface area (Å²) < 4.78 is 5.27. The van der Waals surface area contributed by atoms with E-state index in [0.29, 0.717) is 25.9 Å². The minimum absolute atomic E-state index is 0.125. The molecule has 2 aromatic rings. The van der Waals surface area contributed by atoms with Gasteiger partial charge in [-0.05, 0) is 48.9 Å². The molecule has 0 saturated heterocycles. The van der Waals surface area contributed by atoms with E-state index in [1.54, 1.807) is 13.2 Å². The van der Waals surface area contributed by atoms with Crippen molar-refractivity contribution < 1.29 is 9.53 Å². The highest BCUT2D eigenvalue weighted by Gasteiger charge is 2.19. The van der Waals surface area contributed by atoms with E-state index < -0.39 is 0 Å². The van der Waals surface area contributed by atoms with E-state index in [9.17, 15) is 4.79 Å². The molecule has 0 fully saturated rings. The molecule has 1 N–H and O–H groups in total. The Kier molecular flexibility index (Phi) is 6.10. The van der Waals surface area contributed by atoms with Gasteiger partial charge in [-0.3, -0.25) is 9.89 Å². The zero-order valence-electron chi connectivity index (χ0n) is 15.5. The number of ether oxygens (including phenoxy) is 1. The molecule has 1 aliphatic rings.